The minimum atomic E-state index is -0.226. The van der Waals surface area contributed by atoms with Crippen LogP contribution in [0, 0.1) is 20.8 Å². The highest BCUT2D eigenvalue weighted by Crippen LogP contribution is 2.45. The van der Waals surface area contributed by atoms with E-state index in [1.807, 2.05) is 36.4 Å². The Bertz CT molecular complexity index is 2000. The molecule has 0 aromatic heterocycles. The van der Waals surface area contributed by atoms with Crippen LogP contribution >= 0.6 is 0 Å². The van der Waals surface area contributed by atoms with Gasteiger partial charge < -0.3 is 15.3 Å². The topological polar surface area (TPSA) is 60.7 Å². The van der Waals surface area contributed by atoms with Gasteiger partial charge in [-0.05, 0) is 156 Å². The van der Waals surface area contributed by atoms with E-state index >= 15 is 0 Å². The largest absolute Gasteiger partial charge is 0.507 e. The van der Waals surface area contributed by atoms with Crippen molar-refractivity contribution >= 4 is 0 Å². The second kappa shape index (κ2) is 18.2. The van der Waals surface area contributed by atoms with Gasteiger partial charge in [0.15, 0.2) is 0 Å². The van der Waals surface area contributed by atoms with Gasteiger partial charge in [0.2, 0.25) is 0 Å². The van der Waals surface area contributed by atoms with Crippen molar-refractivity contribution in [2.75, 3.05) is 0 Å². The second-order valence-corrected chi connectivity index (χ2v) is 24.6. The molecule has 5 aromatic carbocycles. The summed E-state index contributed by atoms with van der Waals surface area (Å²) in [6, 6.07) is 25.4. The van der Waals surface area contributed by atoms with E-state index in [9.17, 15) is 15.3 Å². The molecule has 0 unspecified atom stereocenters. The maximum absolute atomic E-state index is 11.6. The van der Waals surface area contributed by atoms with E-state index in [0.29, 0.717) is 17.2 Å². The number of aromatic hydroxyl groups is 3. The lowest BCUT2D eigenvalue weighted by molar-refractivity contribution is 0.422. The summed E-state index contributed by atoms with van der Waals surface area (Å²) in [5.74, 6) is 1.22. The van der Waals surface area contributed by atoms with Gasteiger partial charge in [-0.3, -0.25) is 0 Å². The van der Waals surface area contributed by atoms with Crippen LogP contribution in [0.5, 0.6) is 17.2 Å². The molecular weight excluding hydrogens is 769 g/mol. The van der Waals surface area contributed by atoms with Gasteiger partial charge in [-0.25, -0.2) is 0 Å². The van der Waals surface area contributed by atoms with E-state index in [1.165, 1.54) is 50.1 Å². The number of phenolic OH excluding ortho intramolecular Hbond substituents is 3. The highest BCUT2D eigenvalue weighted by atomic mass is 16.3. The Kier molecular flexibility index (Phi) is 14.8. The van der Waals surface area contributed by atoms with Crippen molar-refractivity contribution in [3.8, 4) is 17.2 Å². The summed E-state index contributed by atoms with van der Waals surface area (Å²) < 4.78 is 0. The molecule has 0 atom stereocenters. The first kappa shape index (κ1) is 51.1. The first-order valence-electron chi connectivity index (χ1n) is 23.3. The average molecular weight is 853 g/mol. The summed E-state index contributed by atoms with van der Waals surface area (Å²) in [7, 11) is 0. The summed E-state index contributed by atoms with van der Waals surface area (Å²) in [4.78, 5) is 0. The molecule has 0 spiro atoms. The summed E-state index contributed by atoms with van der Waals surface area (Å²) >= 11 is 0. The van der Waals surface area contributed by atoms with Crippen molar-refractivity contribution in [1.29, 1.82) is 0 Å². The molecular formula is C60H84O3. The van der Waals surface area contributed by atoms with E-state index in [1.54, 1.807) is 0 Å². The monoisotopic (exact) mass is 853 g/mol. The van der Waals surface area contributed by atoms with Gasteiger partial charge in [0.05, 0.1) is 0 Å². The van der Waals surface area contributed by atoms with Crippen molar-refractivity contribution in [3.05, 3.63) is 156 Å². The Balaban J connectivity index is 0.00000133. The fourth-order valence-corrected chi connectivity index (χ4v) is 9.00. The fourth-order valence-electron chi connectivity index (χ4n) is 9.00. The Morgan fingerprint density at radius 1 is 0.286 bits per heavy atom. The molecule has 0 amide bonds. The van der Waals surface area contributed by atoms with Crippen LogP contribution in [-0.2, 0) is 51.8 Å². The van der Waals surface area contributed by atoms with E-state index in [-0.39, 0.29) is 32.5 Å². The number of phenols is 3. The number of rotatable bonds is 6. The second-order valence-electron chi connectivity index (χ2n) is 24.6. The Morgan fingerprint density at radius 3 is 0.556 bits per heavy atom. The zero-order chi connectivity index (χ0) is 48.0. The molecule has 0 aliphatic heterocycles. The van der Waals surface area contributed by atoms with Crippen LogP contribution in [0.1, 0.15) is 208 Å². The molecule has 3 nitrogen and oxygen atoms in total. The number of hydrogen-bond donors (Lipinski definition) is 3. The Hall–Kier alpha value is -4.50. The first-order chi connectivity index (χ1) is 28.5. The zero-order valence-corrected chi connectivity index (χ0v) is 43.4. The van der Waals surface area contributed by atoms with Gasteiger partial charge in [-0.1, -0.05) is 197 Å². The van der Waals surface area contributed by atoms with Crippen LogP contribution in [0.4, 0.5) is 0 Å². The van der Waals surface area contributed by atoms with Gasteiger partial charge in [-0.15, -0.1) is 0 Å². The van der Waals surface area contributed by atoms with E-state index in [4.69, 9.17) is 0 Å². The first-order valence-corrected chi connectivity index (χ1v) is 23.3. The predicted molar refractivity (Wildman–Crippen MR) is 272 cm³/mol. The molecule has 342 valence electrons. The molecule has 0 aliphatic rings. The van der Waals surface area contributed by atoms with Crippen LogP contribution in [0.15, 0.2) is 72.8 Å². The SMILES string of the molecule is Cc1c(Cc2cc(C(C)(C)C)c(O)c(C(C)(C)C)c2)c(C)c(Cc2cc(C(C)(C)C)c(O)c(C(C)(C)C)c2)c(C)c1Cc1cc(C(C)(C)C)c(O)c(C(C)(C)C)c1.c1ccccc1. The van der Waals surface area contributed by atoms with Crippen LogP contribution in [0.3, 0.4) is 0 Å². The Morgan fingerprint density at radius 2 is 0.429 bits per heavy atom. The Labute approximate surface area is 384 Å². The molecule has 0 bridgehead atoms. The molecule has 0 saturated heterocycles. The maximum atomic E-state index is 11.6. The van der Waals surface area contributed by atoms with Gasteiger partial charge in [0.1, 0.15) is 17.2 Å². The summed E-state index contributed by atoms with van der Waals surface area (Å²) in [5.41, 5.74) is 16.0. The lowest BCUT2D eigenvalue weighted by Gasteiger charge is -2.30. The fraction of sp³-hybridized carbons (Fsp3) is 0.500. The molecule has 0 fully saturated rings. The van der Waals surface area contributed by atoms with Crippen molar-refractivity contribution in [2.45, 2.75) is 197 Å². The van der Waals surface area contributed by atoms with Gasteiger partial charge in [0, 0.05) is 0 Å². The summed E-state index contributed by atoms with van der Waals surface area (Å²) in [6.45, 7) is 46.2. The van der Waals surface area contributed by atoms with Gasteiger partial charge in [0.25, 0.3) is 0 Å². The van der Waals surface area contributed by atoms with Crippen LogP contribution in [0.25, 0.3) is 0 Å². The molecule has 63 heavy (non-hydrogen) atoms. The minimum Gasteiger partial charge on any atom is -0.507 e. The molecule has 0 saturated carbocycles. The van der Waals surface area contributed by atoms with Gasteiger partial charge >= 0.3 is 0 Å². The lowest BCUT2D eigenvalue weighted by atomic mass is 9.75. The molecule has 5 aromatic rings. The molecule has 3 heteroatoms. The van der Waals surface area contributed by atoms with Crippen LogP contribution < -0.4 is 0 Å². The van der Waals surface area contributed by atoms with Gasteiger partial charge in [-0.2, -0.15) is 0 Å². The smallest absolute Gasteiger partial charge is 0.123 e. The standard InChI is InChI=1S/C54H78O3.C6H6/c1-31-37(22-34-25-40(49(4,5)6)46(55)41(26-34)50(7,8)9)32(2)39(24-36-29-44(53(16,17)18)48(57)45(30-36)54(19,20)21)33(3)38(31)23-35-27-42(51(10,11)12)47(56)43(28-35)52(13,14)15;1-2-4-6-5-3-1/h25-30,55-57H,22-24H2,1-21H3;1-6H. The molecule has 0 radical (unpaired) electrons. The summed E-state index contributed by atoms with van der Waals surface area (Å²) in [5, 5.41) is 34.9. The van der Waals surface area contributed by atoms with Crippen molar-refractivity contribution in [2.24, 2.45) is 0 Å². The third kappa shape index (κ3) is 12.0. The van der Waals surface area contributed by atoms with Crippen LogP contribution in [-0.4, -0.2) is 15.3 Å². The third-order valence-corrected chi connectivity index (χ3v) is 12.9. The van der Waals surface area contributed by atoms with E-state index < -0.39 is 0 Å². The van der Waals surface area contributed by atoms with Crippen molar-refractivity contribution in [3.63, 3.8) is 0 Å². The molecule has 0 heterocycles. The summed E-state index contributed by atoms with van der Waals surface area (Å²) in [6.07, 6.45) is 2.24. The molecule has 5 rings (SSSR count). The van der Waals surface area contributed by atoms with Crippen molar-refractivity contribution < 1.29 is 15.3 Å². The average Bonchev–Trinajstić information content (AvgIpc) is 3.13. The molecule has 0 aliphatic carbocycles. The predicted octanol–water partition coefficient (Wildman–Crippen LogP) is 16.0. The normalized spacial score (nSPS) is 12.9. The zero-order valence-electron chi connectivity index (χ0n) is 43.4. The van der Waals surface area contributed by atoms with Crippen molar-refractivity contribution in [1.82, 2.24) is 0 Å². The minimum absolute atomic E-state index is 0.226. The molecule has 3 N–H and O–H groups in total. The highest BCUT2D eigenvalue weighted by Gasteiger charge is 2.31. The maximum Gasteiger partial charge on any atom is 0.123 e. The van der Waals surface area contributed by atoms with Crippen LogP contribution in [0.2, 0.25) is 0 Å². The lowest BCUT2D eigenvalue weighted by Crippen LogP contribution is -2.19. The quantitative estimate of drug-likeness (QED) is 0.159. The van der Waals surface area contributed by atoms with E-state index in [2.05, 4.69) is 182 Å². The highest BCUT2D eigenvalue weighted by molar-refractivity contribution is 5.59. The number of hydrogen-bond acceptors (Lipinski definition) is 3. The van der Waals surface area contributed by atoms with E-state index in [0.717, 1.165) is 52.6 Å². The number of benzene rings is 5. The third-order valence-electron chi connectivity index (χ3n) is 12.9.